The van der Waals surface area contributed by atoms with Crippen LogP contribution in [0.4, 0.5) is 14.5 Å². The lowest BCUT2D eigenvalue weighted by Gasteiger charge is -2.24. The molecule has 0 heterocycles. The normalized spacial score (nSPS) is 11.3. The van der Waals surface area contributed by atoms with Crippen molar-refractivity contribution < 1.29 is 13.6 Å². The molecule has 0 saturated heterocycles. The van der Waals surface area contributed by atoms with Gasteiger partial charge >= 0.3 is 0 Å². The van der Waals surface area contributed by atoms with E-state index in [0.717, 1.165) is 10.5 Å². The van der Waals surface area contributed by atoms with E-state index in [-0.39, 0.29) is 11.5 Å². The molecule has 2 nitrogen and oxygen atoms in total. The minimum Gasteiger partial charge on any atom is -0.325 e. The van der Waals surface area contributed by atoms with E-state index in [1.807, 2.05) is 0 Å². The van der Waals surface area contributed by atoms with E-state index in [4.69, 9.17) is 0 Å². The summed E-state index contributed by atoms with van der Waals surface area (Å²) in [6, 6.07) is 10.2. The van der Waals surface area contributed by atoms with Crippen LogP contribution in [0.5, 0.6) is 0 Å². The summed E-state index contributed by atoms with van der Waals surface area (Å²) in [5.74, 6) is -1.74. The van der Waals surface area contributed by atoms with Crippen LogP contribution in [-0.2, 0) is 10.2 Å². The van der Waals surface area contributed by atoms with Crippen molar-refractivity contribution in [1.29, 1.82) is 0 Å². The second kappa shape index (κ2) is 5.93. The Labute approximate surface area is 130 Å². The molecule has 1 N–H and O–H groups in total. The summed E-state index contributed by atoms with van der Waals surface area (Å²) in [5, 5.41) is 2.74. The Morgan fingerprint density at radius 2 is 1.57 bits per heavy atom. The Kier molecular flexibility index (Phi) is 4.42. The molecule has 5 heteroatoms. The molecule has 0 unspecified atom stereocenters. The van der Waals surface area contributed by atoms with Gasteiger partial charge in [0.2, 0.25) is 5.91 Å². The van der Waals surface area contributed by atoms with Crippen LogP contribution in [0.15, 0.2) is 46.9 Å². The van der Waals surface area contributed by atoms with Crippen LogP contribution in [0.1, 0.15) is 19.4 Å². The van der Waals surface area contributed by atoms with Crippen molar-refractivity contribution in [1.82, 2.24) is 0 Å². The van der Waals surface area contributed by atoms with Gasteiger partial charge in [0, 0.05) is 16.2 Å². The zero-order valence-corrected chi connectivity index (χ0v) is 13.2. The third-order valence-electron chi connectivity index (χ3n) is 3.25. The van der Waals surface area contributed by atoms with E-state index in [1.54, 1.807) is 38.1 Å². The number of amides is 1. The summed E-state index contributed by atoms with van der Waals surface area (Å²) in [6.07, 6.45) is 0. The number of benzene rings is 2. The Morgan fingerprint density at radius 1 is 1.05 bits per heavy atom. The van der Waals surface area contributed by atoms with Crippen molar-refractivity contribution in [2.24, 2.45) is 0 Å². The van der Waals surface area contributed by atoms with Crippen LogP contribution in [0, 0.1) is 11.6 Å². The third-order valence-corrected chi connectivity index (χ3v) is 3.78. The SMILES string of the molecule is CC(C)(C(=O)Nc1ccc(Br)cc1)c1cc(F)cc(F)c1. The van der Waals surface area contributed by atoms with Gasteiger partial charge in [0.25, 0.3) is 0 Å². The molecule has 0 aliphatic carbocycles. The van der Waals surface area contributed by atoms with Gasteiger partial charge in [-0.3, -0.25) is 4.79 Å². The average molecular weight is 354 g/mol. The minimum absolute atomic E-state index is 0.287. The zero-order valence-electron chi connectivity index (χ0n) is 11.6. The third kappa shape index (κ3) is 3.67. The van der Waals surface area contributed by atoms with Gasteiger partial charge in [-0.25, -0.2) is 8.78 Å². The topological polar surface area (TPSA) is 29.1 Å². The highest BCUT2D eigenvalue weighted by molar-refractivity contribution is 9.10. The first kappa shape index (κ1) is 15.6. The van der Waals surface area contributed by atoms with Crippen LogP contribution in [0.2, 0.25) is 0 Å². The maximum absolute atomic E-state index is 13.3. The average Bonchev–Trinajstić information content (AvgIpc) is 2.40. The molecule has 0 aliphatic rings. The highest BCUT2D eigenvalue weighted by Gasteiger charge is 2.30. The monoisotopic (exact) mass is 353 g/mol. The van der Waals surface area contributed by atoms with Crippen LogP contribution in [-0.4, -0.2) is 5.91 Å². The summed E-state index contributed by atoms with van der Waals surface area (Å²) in [5.41, 5.74) is -0.154. The van der Waals surface area contributed by atoms with Gasteiger partial charge in [0.15, 0.2) is 0 Å². The fraction of sp³-hybridized carbons (Fsp3) is 0.188. The highest BCUT2D eigenvalue weighted by atomic mass is 79.9. The summed E-state index contributed by atoms with van der Waals surface area (Å²) >= 11 is 3.31. The molecule has 1 amide bonds. The highest BCUT2D eigenvalue weighted by Crippen LogP contribution is 2.27. The molecule has 0 aromatic heterocycles. The number of hydrogen-bond acceptors (Lipinski definition) is 1. The number of halogens is 3. The van der Waals surface area contributed by atoms with Crippen molar-refractivity contribution in [3.05, 3.63) is 64.1 Å². The lowest BCUT2D eigenvalue weighted by molar-refractivity contribution is -0.120. The van der Waals surface area contributed by atoms with Crippen molar-refractivity contribution in [3.8, 4) is 0 Å². The minimum atomic E-state index is -1.06. The molecule has 0 atom stereocenters. The van der Waals surface area contributed by atoms with E-state index in [1.165, 1.54) is 12.1 Å². The molecule has 0 saturated carbocycles. The Balaban J connectivity index is 2.25. The maximum atomic E-state index is 13.3. The second-order valence-electron chi connectivity index (χ2n) is 5.24. The van der Waals surface area contributed by atoms with Crippen molar-refractivity contribution in [2.45, 2.75) is 19.3 Å². The fourth-order valence-corrected chi connectivity index (χ4v) is 2.13. The van der Waals surface area contributed by atoms with Crippen LogP contribution < -0.4 is 5.32 Å². The molecule has 0 spiro atoms. The van der Waals surface area contributed by atoms with Crippen LogP contribution >= 0.6 is 15.9 Å². The summed E-state index contributed by atoms with van der Waals surface area (Å²) in [7, 11) is 0. The predicted octanol–water partition coefficient (Wildman–Crippen LogP) is 4.64. The lowest BCUT2D eigenvalue weighted by atomic mass is 9.83. The van der Waals surface area contributed by atoms with Crippen molar-refractivity contribution in [3.63, 3.8) is 0 Å². The molecule has 0 fully saturated rings. The fourth-order valence-electron chi connectivity index (χ4n) is 1.87. The molecule has 21 heavy (non-hydrogen) atoms. The van der Waals surface area contributed by atoms with Crippen LogP contribution in [0.3, 0.4) is 0 Å². The molecule has 2 rings (SSSR count). The first-order valence-corrected chi connectivity index (χ1v) is 7.12. The first-order chi connectivity index (χ1) is 9.79. The molecule has 0 bridgehead atoms. The van der Waals surface area contributed by atoms with E-state index >= 15 is 0 Å². The number of rotatable bonds is 3. The number of hydrogen-bond donors (Lipinski definition) is 1. The molecular weight excluding hydrogens is 340 g/mol. The number of carbonyl (C=O) groups is 1. The van der Waals surface area contributed by atoms with E-state index in [9.17, 15) is 13.6 Å². The van der Waals surface area contributed by atoms with E-state index in [0.29, 0.717) is 5.69 Å². The van der Waals surface area contributed by atoms with Gasteiger partial charge in [0.05, 0.1) is 5.41 Å². The number of nitrogens with one attached hydrogen (secondary N) is 1. The number of carbonyl (C=O) groups excluding carboxylic acids is 1. The van der Waals surface area contributed by atoms with E-state index in [2.05, 4.69) is 21.2 Å². The molecular formula is C16H14BrF2NO. The van der Waals surface area contributed by atoms with Gasteiger partial charge < -0.3 is 5.32 Å². The molecule has 0 radical (unpaired) electrons. The first-order valence-electron chi connectivity index (χ1n) is 6.32. The van der Waals surface area contributed by atoms with Crippen molar-refractivity contribution >= 4 is 27.5 Å². The Hall–Kier alpha value is -1.75. The lowest BCUT2D eigenvalue weighted by Crippen LogP contribution is -2.35. The van der Waals surface area contributed by atoms with Crippen molar-refractivity contribution in [2.75, 3.05) is 5.32 Å². The largest absolute Gasteiger partial charge is 0.325 e. The molecule has 110 valence electrons. The standard InChI is InChI=1S/C16H14BrF2NO/c1-16(2,10-7-12(18)9-13(19)8-10)15(21)20-14-5-3-11(17)4-6-14/h3-9H,1-2H3,(H,20,21). The van der Waals surface area contributed by atoms with Gasteiger partial charge in [-0.15, -0.1) is 0 Å². The summed E-state index contributed by atoms with van der Waals surface area (Å²) < 4.78 is 27.5. The summed E-state index contributed by atoms with van der Waals surface area (Å²) in [6.45, 7) is 3.24. The Morgan fingerprint density at radius 3 is 2.10 bits per heavy atom. The zero-order chi connectivity index (χ0) is 15.6. The molecule has 2 aromatic carbocycles. The predicted molar refractivity (Wildman–Crippen MR) is 82.2 cm³/mol. The van der Waals surface area contributed by atoms with Gasteiger partial charge in [-0.05, 0) is 55.8 Å². The molecule has 2 aromatic rings. The van der Waals surface area contributed by atoms with Crippen LogP contribution in [0.25, 0.3) is 0 Å². The Bertz CT molecular complexity index is 648. The van der Waals surface area contributed by atoms with Gasteiger partial charge in [-0.2, -0.15) is 0 Å². The quantitative estimate of drug-likeness (QED) is 0.855. The van der Waals surface area contributed by atoms with Gasteiger partial charge in [-0.1, -0.05) is 15.9 Å². The summed E-state index contributed by atoms with van der Waals surface area (Å²) in [4.78, 5) is 12.4. The van der Waals surface area contributed by atoms with E-state index < -0.39 is 17.0 Å². The molecule has 0 aliphatic heterocycles. The maximum Gasteiger partial charge on any atom is 0.234 e. The smallest absolute Gasteiger partial charge is 0.234 e. The second-order valence-corrected chi connectivity index (χ2v) is 6.16. The number of anilines is 1. The van der Waals surface area contributed by atoms with Gasteiger partial charge in [0.1, 0.15) is 11.6 Å².